The second kappa shape index (κ2) is 4.82. The Bertz CT molecular complexity index is 570. The fourth-order valence-corrected chi connectivity index (χ4v) is 1.46. The molecule has 0 amide bonds. The Kier molecular flexibility index (Phi) is 3.22. The van der Waals surface area contributed by atoms with Crippen LogP contribution in [0.4, 0.5) is 20.2 Å². The molecule has 2 rings (SSSR count). The van der Waals surface area contributed by atoms with Crippen LogP contribution in [0.25, 0.3) is 0 Å². The van der Waals surface area contributed by atoms with Gasteiger partial charge in [0.25, 0.3) is 5.69 Å². The highest BCUT2D eigenvalue weighted by Gasteiger charge is 2.20. The highest BCUT2D eigenvalue weighted by atomic mass is 19.1. The predicted molar refractivity (Wildman–Crippen MR) is 59.0 cm³/mol. The van der Waals surface area contributed by atoms with Gasteiger partial charge in [0.05, 0.1) is 23.5 Å². The average Bonchev–Trinajstić information content (AvgIpc) is 2.79. The normalized spacial score (nSPS) is 10.3. The molecule has 0 atom stereocenters. The summed E-state index contributed by atoms with van der Waals surface area (Å²) in [5.74, 6) is -2.00. The fourth-order valence-electron chi connectivity index (χ4n) is 1.46. The standard InChI is InChI=1S/C11H8F2N2O3/c12-8-3-9(13)11(10(4-8)15(16)17)14-5-7-1-2-18-6-7/h1-4,6,14H,5H2. The zero-order valence-corrected chi connectivity index (χ0v) is 9.02. The lowest BCUT2D eigenvalue weighted by atomic mass is 10.2. The molecule has 1 N–H and O–H groups in total. The van der Waals surface area contributed by atoms with E-state index in [1.165, 1.54) is 12.5 Å². The van der Waals surface area contributed by atoms with Gasteiger partial charge in [-0.05, 0) is 6.07 Å². The summed E-state index contributed by atoms with van der Waals surface area (Å²) in [4.78, 5) is 9.86. The summed E-state index contributed by atoms with van der Waals surface area (Å²) >= 11 is 0. The van der Waals surface area contributed by atoms with Crippen LogP contribution in [0.3, 0.4) is 0 Å². The minimum absolute atomic E-state index is 0.139. The molecule has 0 fully saturated rings. The zero-order chi connectivity index (χ0) is 13.1. The molecule has 1 heterocycles. The third kappa shape index (κ3) is 2.45. The number of nitro groups is 1. The first kappa shape index (κ1) is 12.0. The van der Waals surface area contributed by atoms with E-state index in [-0.39, 0.29) is 12.2 Å². The summed E-state index contributed by atoms with van der Waals surface area (Å²) < 4.78 is 31.2. The molecule has 0 saturated carbocycles. The van der Waals surface area contributed by atoms with Crippen molar-refractivity contribution in [1.29, 1.82) is 0 Å². The Morgan fingerprint density at radius 3 is 2.78 bits per heavy atom. The van der Waals surface area contributed by atoms with Crippen LogP contribution in [-0.2, 0) is 6.54 Å². The van der Waals surface area contributed by atoms with E-state index in [9.17, 15) is 18.9 Å². The molecule has 0 spiro atoms. The average molecular weight is 254 g/mol. The van der Waals surface area contributed by atoms with Gasteiger partial charge < -0.3 is 9.73 Å². The van der Waals surface area contributed by atoms with Crippen molar-refractivity contribution >= 4 is 11.4 Å². The SMILES string of the molecule is O=[N+]([O-])c1cc(F)cc(F)c1NCc1ccoc1. The van der Waals surface area contributed by atoms with Crippen molar-refractivity contribution in [2.24, 2.45) is 0 Å². The molecule has 18 heavy (non-hydrogen) atoms. The monoisotopic (exact) mass is 254 g/mol. The predicted octanol–water partition coefficient (Wildman–Crippen LogP) is 3.08. The van der Waals surface area contributed by atoms with Crippen LogP contribution in [0.5, 0.6) is 0 Å². The molecular formula is C11H8F2N2O3. The zero-order valence-electron chi connectivity index (χ0n) is 9.02. The third-order valence-electron chi connectivity index (χ3n) is 2.28. The molecule has 1 aromatic heterocycles. The van der Waals surface area contributed by atoms with Crippen LogP contribution in [0, 0.1) is 21.7 Å². The number of hydrogen-bond donors (Lipinski definition) is 1. The number of nitro benzene ring substituents is 1. The van der Waals surface area contributed by atoms with Crippen molar-refractivity contribution in [2.75, 3.05) is 5.32 Å². The number of nitrogens with zero attached hydrogens (tertiary/aromatic N) is 1. The highest BCUT2D eigenvalue weighted by molar-refractivity contribution is 5.62. The van der Waals surface area contributed by atoms with E-state index in [2.05, 4.69) is 5.32 Å². The van der Waals surface area contributed by atoms with Gasteiger partial charge in [-0.15, -0.1) is 0 Å². The minimum Gasteiger partial charge on any atom is -0.472 e. The van der Waals surface area contributed by atoms with Gasteiger partial charge in [-0.25, -0.2) is 8.78 Å². The van der Waals surface area contributed by atoms with Crippen molar-refractivity contribution in [3.8, 4) is 0 Å². The number of anilines is 1. The maximum atomic E-state index is 13.5. The van der Waals surface area contributed by atoms with E-state index in [1.807, 2.05) is 0 Å². The van der Waals surface area contributed by atoms with Crippen LogP contribution in [0.2, 0.25) is 0 Å². The van der Waals surface area contributed by atoms with Crippen LogP contribution in [0.15, 0.2) is 35.1 Å². The van der Waals surface area contributed by atoms with Crippen molar-refractivity contribution in [3.63, 3.8) is 0 Å². The van der Waals surface area contributed by atoms with Gasteiger partial charge in [0.1, 0.15) is 11.5 Å². The topological polar surface area (TPSA) is 68.3 Å². The molecule has 0 aliphatic carbocycles. The van der Waals surface area contributed by atoms with Gasteiger partial charge in [-0.2, -0.15) is 0 Å². The molecular weight excluding hydrogens is 246 g/mol. The number of hydrogen-bond acceptors (Lipinski definition) is 4. The summed E-state index contributed by atoms with van der Waals surface area (Å²) in [5.41, 5.74) is -0.299. The molecule has 1 aromatic carbocycles. The molecule has 2 aromatic rings. The number of halogens is 2. The maximum absolute atomic E-state index is 13.5. The van der Waals surface area contributed by atoms with Crippen molar-refractivity contribution in [3.05, 3.63) is 58.0 Å². The van der Waals surface area contributed by atoms with E-state index in [0.717, 1.165) is 0 Å². The summed E-state index contributed by atoms with van der Waals surface area (Å²) in [6, 6.07) is 2.88. The van der Waals surface area contributed by atoms with E-state index < -0.39 is 22.2 Å². The second-order valence-corrected chi connectivity index (χ2v) is 3.52. The fraction of sp³-hybridized carbons (Fsp3) is 0.0909. The van der Waals surface area contributed by atoms with Gasteiger partial charge >= 0.3 is 0 Å². The molecule has 0 unspecified atom stereocenters. The molecule has 0 radical (unpaired) electrons. The first-order valence-corrected chi connectivity index (χ1v) is 4.96. The second-order valence-electron chi connectivity index (χ2n) is 3.52. The van der Waals surface area contributed by atoms with Gasteiger partial charge in [0, 0.05) is 18.2 Å². The first-order valence-electron chi connectivity index (χ1n) is 4.96. The maximum Gasteiger partial charge on any atom is 0.298 e. The number of rotatable bonds is 4. The quantitative estimate of drug-likeness (QED) is 0.672. The first-order chi connectivity index (χ1) is 8.58. The summed E-state index contributed by atoms with van der Waals surface area (Å²) in [7, 11) is 0. The van der Waals surface area contributed by atoms with Crippen molar-refractivity contribution < 1.29 is 18.1 Å². The Labute approximate surface area is 100 Å². The van der Waals surface area contributed by atoms with E-state index in [1.54, 1.807) is 6.07 Å². The lowest BCUT2D eigenvalue weighted by Crippen LogP contribution is -2.05. The molecule has 0 saturated heterocycles. The van der Waals surface area contributed by atoms with Gasteiger partial charge in [0.2, 0.25) is 0 Å². The van der Waals surface area contributed by atoms with E-state index in [4.69, 9.17) is 4.42 Å². The van der Waals surface area contributed by atoms with E-state index >= 15 is 0 Å². The molecule has 0 aliphatic rings. The summed E-state index contributed by atoms with van der Waals surface area (Å²) in [5, 5.41) is 13.3. The lowest BCUT2D eigenvalue weighted by Gasteiger charge is -2.07. The Morgan fingerprint density at radius 1 is 1.39 bits per heavy atom. The van der Waals surface area contributed by atoms with E-state index in [0.29, 0.717) is 17.7 Å². The number of benzene rings is 1. The third-order valence-corrected chi connectivity index (χ3v) is 2.28. The van der Waals surface area contributed by atoms with Gasteiger partial charge in [0.15, 0.2) is 5.82 Å². The van der Waals surface area contributed by atoms with Gasteiger partial charge in [-0.1, -0.05) is 0 Å². The molecule has 7 heteroatoms. The van der Waals surface area contributed by atoms with Crippen molar-refractivity contribution in [2.45, 2.75) is 6.54 Å². The number of furan rings is 1. The van der Waals surface area contributed by atoms with Crippen LogP contribution in [0.1, 0.15) is 5.56 Å². The Balaban J connectivity index is 2.28. The number of nitrogens with one attached hydrogen (secondary N) is 1. The lowest BCUT2D eigenvalue weighted by molar-refractivity contribution is -0.384. The van der Waals surface area contributed by atoms with Crippen LogP contribution in [-0.4, -0.2) is 4.92 Å². The smallest absolute Gasteiger partial charge is 0.298 e. The Hall–Kier alpha value is -2.44. The molecule has 5 nitrogen and oxygen atoms in total. The largest absolute Gasteiger partial charge is 0.472 e. The Morgan fingerprint density at radius 2 is 2.17 bits per heavy atom. The summed E-state index contributed by atoms with van der Waals surface area (Å²) in [6.45, 7) is 0.139. The minimum atomic E-state index is -1.01. The summed E-state index contributed by atoms with van der Waals surface area (Å²) in [6.07, 6.45) is 2.84. The van der Waals surface area contributed by atoms with Crippen LogP contribution < -0.4 is 5.32 Å². The van der Waals surface area contributed by atoms with Crippen molar-refractivity contribution in [1.82, 2.24) is 0 Å². The molecule has 0 aliphatic heterocycles. The van der Waals surface area contributed by atoms with Gasteiger partial charge in [-0.3, -0.25) is 10.1 Å². The molecule has 94 valence electrons. The molecule has 0 bridgehead atoms. The van der Waals surface area contributed by atoms with Crippen LogP contribution >= 0.6 is 0 Å². The highest BCUT2D eigenvalue weighted by Crippen LogP contribution is 2.29.